The zero-order valence-electron chi connectivity index (χ0n) is 11.6. The van der Waals surface area contributed by atoms with Gasteiger partial charge in [0.25, 0.3) is 0 Å². The van der Waals surface area contributed by atoms with Gasteiger partial charge < -0.3 is 10.1 Å². The molecule has 0 aliphatic rings. The number of methoxy groups -OCH3 is 1. The van der Waals surface area contributed by atoms with Crippen LogP contribution in [0.15, 0.2) is 24.3 Å². The Bertz CT molecular complexity index is 387. The van der Waals surface area contributed by atoms with Crippen molar-refractivity contribution < 1.29 is 17.9 Å². The predicted molar refractivity (Wildman–Crippen MR) is 68.9 cm³/mol. The molecule has 0 aromatic heterocycles. The van der Waals surface area contributed by atoms with Crippen LogP contribution >= 0.6 is 0 Å². The van der Waals surface area contributed by atoms with E-state index in [0.717, 1.165) is 17.7 Å². The summed E-state index contributed by atoms with van der Waals surface area (Å²) >= 11 is 0. The van der Waals surface area contributed by atoms with Crippen molar-refractivity contribution in [3.8, 4) is 0 Å². The molecule has 1 rings (SSSR count). The Kier molecular flexibility index (Phi) is 5.38. The van der Waals surface area contributed by atoms with Gasteiger partial charge in [-0.1, -0.05) is 26.0 Å². The van der Waals surface area contributed by atoms with Crippen LogP contribution in [0.3, 0.4) is 0 Å². The first-order chi connectivity index (χ1) is 8.81. The molecule has 2 unspecified atom stereocenters. The largest absolute Gasteiger partial charge is 0.416 e. The van der Waals surface area contributed by atoms with Crippen LogP contribution in [0.1, 0.15) is 31.0 Å². The van der Waals surface area contributed by atoms with E-state index >= 15 is 0 Å². The molecule has 0 aliphatic carbocycles. The van der Waals surface area contributed by atoms with Crippen molar-refractivity contribution in [2.45, 2.75) is 32.2 Å². The van der Waals surface area contributed by atoms with Crippen molar-refractivity contribution in [2.24, 2.45) is 5.92 Å². The molecular weight excluding hydrogens is 255 g/mol. The highest BCUT2D eigenvalue weighted by molar-refractivity contribution is 5.27. The first-order valence-corrected chi connectivity index (χ1v) is 6.18. The molecule has 19 heavy (non-hydrogen) atoms. The lowest BCUT2D eigenvalue weighted by atomic mass is 9.93. The van der Waals surface area contributed by atoms with Crippen LogP contribution in [0.25, 0.3) is 0 Å². The fourth-order valence-electron chi connectivity index (χ4n) is 2.19. The van der Waals surface area contributed by atoms with Gasteiger partial charge in [-0.25, -0.2) is 0 Å². The second-order valence-corrected chi connectivity index (χ2v) is 4.83. The molecule has 5 heteroatoms. The quantitative estimate of drug-likeness (QED) is 0.886. The van der Waals surface area contributed by atoms with Gasteiger partial charge in [0, 0.05) is 7.11 Å². The lowest BCUT2D eigenvalue weighted by molar-refractivity contribution is -0.137. The van der Waals surface area contributed by atoms with Gasteiger partial charge in [-0.2, -0.15) is 13.2 Å². The number of benzene rings is 1. The first kappa shape index (κ1) is 16.0. The molecule has 2 nitrogen and oxygen atoms in total. The topological polar surface area (TPSA) is 21.3 Å². The molecule has 0 saturated heterocycles. The van der Waals surface area contributed by atoms with Crippen molar-refractivity contribution in [3.63, 3.8) is 0 Å². The summed E-state index contributed by atoms with van der Waals surface area (Å²) in [5.74, 6) is 0.254. The summed E-state index contributed by atoms with van der Waals surface area (Å²) in [5, 5.41) is 3.10. The van der Waals surface area contributed by atoms with Gasteiger partial charge in [0.05, 0.1) is 17.7 Å². The van der Waals surface area contributed by atoms with Crippen LogP contribution in [0.2, 0.25) is 0 Å². The molecule has 2 atom stereocenters. The summed E-state index contributed by atoms with van der Waals surface area (Å²) in [6, 6.07) is 5.07. The third kappa shape index (κ3) is 3.94. The zero-order valence-corrected chi connectivity index (χ0v) is 11.6. The van der Waals surface area contributed by atoms with Crippen molar-refractivity contribution in [2.75, 3.05) is 14.2 Å². The molecule has 0 spiro atoms. The van der Waals surface area contributed by atoms with Gasteiger partial charge >= 0.3 is 6.18 Å². The number of alkyl halides is 3. The fraction of sp³-hybridized carbons (Fsp3) is 0.571. The average Bonchev–Trinajstić information content (AvgIpc) is 2.34. The maximum absolute atomic E-state index is 12.5. The fourth-order valence-corrected chi connectivity index (χ4v) is 2.19. The second-order valence-electron chi connectivity index (χ2n) is 4.83. The number of hydrogen-bond donors (Lipinski definition) is 1. The summed E-state index contributed by atoms with van der Waals surface area (Å²) in [4.78, 5) is 0. The highest BCUT2D eigenvalue weighted by atomic mass is 19.4. The van der Waals surface area contributed by atoms with E-state index in [-0.39, 0.29) is 18.1 Å². The molecule has 1 aromatic rings. The van der Waals surface area contributed by atoms with E-state index in [4.69, 9.17) is 4.74 Å². The molecule has 108 valence electrons. The smallest absolute Gasteiger partial charge is 0.379 e. The summed E-state index contributed by atoms with van der Waals surface area (Å²) in [6.45, 7) is 4.03. The molecule has 1 aromatic carbocycles. The van der Waals surface area contributed by atoms with Gasteiger partial charge in [-0.15, -0.1) is 0 Å². The third-order valence-electron chi connectivity index (χ3n) is 3.17. The molecule has 0 fully saturated rings. The molecule has 0 saturated carbocycles. The minimum Gasteiger partial charge on any atom is -0.379 e. The lowest BCUT2D eigenvalue weighted by Crippen LogP contribution is -2.34. The average molecular weight is 275 g/mol. The number of ether oxygens (including phenoxy) is 1. The zero-order chi connectivity index (χ0) is 14.6. The maximum Gasteiger partial charge on any atom is 0.416 e. The molecular formula is C14H20F3NO. The monoisotopic (exact) mass is 275 g/mol. The lowest BCUT2D eigenvalue weighted by Gasteiger charge is -2.29. The number of rotatable bonds is 5. The van der Waals surface area contributed by atoms with Gasteiger partial charge in [-0.3, -0.25) is 0 Å². The number of hydrogen-bond acceptors (Lipinski definition) is 2. The van der Waals surface area contributed by atoms with Gasteiger partial charge in [-0.05, 0) is 30.7 Å². The van der Waals surface area contributed by atoms with Gasteiger partial charge in [0.2, 0.25) is 0 Å². The Labute approximate surface area is 112 Å². The van der Waals surface area contributed by atoms with Crippen molar-refractivity contribution >= 4 is 0 Å². The highest BCUT2D eigenvalue weighted by Crippen LogP contribution is 2.31. The predicted octanol–water partition coefficient (Wildman–Crippen LogP) is 3.64. The van der Waals surface area contributed by atoms with Crippen LogP contribution in [0.5, 0.6) is 0 Å². The van der Waals surface area contributed by atoms with Crippen LogP contribution in [-0.4, -0.2) is 20.3 Å². The minimum atomic E-state index is -4.30. The Hall–Kier alpha value is -1.07. The van der Waals surface area contributed by atoms with Gasteiger partial charge in [0.1, 0.15) is 0 Å². The van der Waals surface area contributed by atoms with E-state index in [9.17, 15) is 13.2 Å². The highest BCUT2D eigenvalue weighted by Gasteiger charge is 2.31. The van der Waals surface area contributed by atoms with E-state index in [1.807, 2.05) is 13.8 Å². The summed E-state index contributed by atoms with van der Waals surface area (Å²) in [6.07, 6.45) is -4.39. The Morgan fingerprint density at radius 2 is 1.63 bits per heavy atom. The Balaban J connectivity index is 3.00. The van der Waals surface area contributed by atoms with E-state index in [1.54, 1.807) is 14.2 Å². The van der Waals surface area contributed by atoms with E-state index in [0.29, 0.717) is 0 Å². The van der Waals surface area contributed by atoms with E-state index in [2.05, 4.69) is 5.32 Å². The van der Waals surface area contributed by atoms with E-state index in [1.165, 1.54) is 12.1 Å². The summed E-state index contributed by atoms with van der Waals surface area (Å²) in [5.41, 5.74) is 0.153. The number of likely N-dealkylation sites (N-methyl/N-ethyl adjacent to an activating group) is 1. The summed E-state index contributed by atoms with van der Waals surface area (Å²) < 4.78 is 43.0. The third-order valence-corrected chi connectivity index (χ3v) is 3.17. The van der Waals surface area contributed by atoms with Crippen LogP contribution in [0, 0.1) is 5.92 Å². The second kappa shape index (κ2) is 6.39. The molecule has 1 N–H and O–H groups in total. The van der Waals surface area contributed by atoms with Crippen LogP contribution < -0.4 is 5.32 Å². The molecule has 0 aliphatic heterocycles. The Morgan fingerprint density at radius 3 is 1.95 bits per heavy atom. The summed E-state index contributed by atoms with van der Waals surface area (Å²) in [7, 11) is 3.38. The molecule has 0 radical (unpaired) electrons. The van der Waals surface area contributed by atoms with E-state index < -0.39 is 11.7 Å². The first-order valence-electron chi connectivity index (χ1n) is 6.18. The number of nitrogens with one attached hydrogen (secondary N) is 1. The standard InChI is InChI=1S/C14H20F3NO/c1-9(2)13(19-4)12(18-3)10-5-7-11(8-6-10)14(15,16)17/h5-9,12-13,18H,1-4H3. The Morgan fingerprint density at radius 1 is 1.11 bits per heavy atom. The van der Waals surface area contributed by atoms with Crippen molar-refractivity contribution in [1.82, 2.24) is 5.32 Å². The van der Waals surface area contributed by atoms with Crippen molar-refractivity contribution in [1.29, 1.82) is 0 Å². The molecule has 0 bridgehead atoms. The molecule has 0 amide bonds. The maximum atomic E-state index is 12.5. The van der Waals surface area contributed by atoms with Crippen molar-refractivity contribution in [3.05, 3.63) is 35.4 Å². The van der Waals surface area contributed by atoms with Crippen LogP contribution in [0.4, 0.5) is 13.2 Å². The minimum absolute atomic E-state index is 0.0956. The van der Waals surface area contributed by atoms with Crippen LogP contribution in [-0.2, 0) is 10.9 Å². The van der Waals surface area contributed by atoms with Gasteiger partial charge in [0.15, 0.2) is 0 Å². The molecule has 0 heterocycles. The SMILES string of the molecule is CNC(c1ccc(C(F)(F)F)cc1)C(OC)C(C)C. The number of halogens is 3. The normalized spacial score (nSPS) is 15.6.